The zero-order valence-corrected chi connectivity index (χ0v) is 11.7. The Morgan fingerprint density at radius 3 is 1.39 bits per heavy atom. The molecule has 18 heavy (non-hydrogen) atoms. The summed E-state index contributed by atoms with van der Waals surface area (Å²) >= 11 is 0. The molecular formula is C18H20. The molecule has 0 nitrogen and oxygen atoms in total. The van der Waals surface area contributed by atoms with E-state index >= 15 is 0 Å². The number of hydrogen-bond donors (Lipinski definition) is 0. The molecule has 0 N–H and O–H groups in total. The second-order valence-electron chi connectivity index (χ2n) is 5.82. The van der Waals surface area contributed by atoms with E-state index in [1.807, 2.05) is 0 Å². The summed E-state index contributed by atoms with van der Waals surface area (Å²) in [6, 6.07) is 9.44. The van der Waals surface area contributed by atoms with Crippen molar-refractivity contribution in [1.82, 2.24) is 0 Å². The molecule has 0 bridgehead atoms. The van der Waals surface area contributed by atoms with E-state index in [1.165, 1.54) is 33.0 Å². The van der Waals surface area contributed by atoms with Gasteiger partial charge in [0.2, 0.25) is 0 Å². The van der Waals surface area contributed by atoms with Gasteiger partial charge in [-0.25, -0.2) is 0 Å². The van der Waals surface area contributed by atoms with Crippen LogP contribution >= 0.6 is 0 Å². The molecule has 0 fully saturated rings. The highest BCUT2D eigenvalue weighted by Crippen LogP contribution is 2.30. The number of rotatable bonds is 0. The SMILES string of the molecule is CC1=C(C)Cc2cc3cc(C)c(C)cc3cc2C1. The van der Waals surface area contributed by atoms with Gasteiger partial charge in [-0.05, 0) is 73.6 Å². The van der Waals surface area contributed by atoms with Crippen LogP contribution in [0.5, 0.6) is 0 Å². The van der Waals surface area contributed by atoms with Crippen molar-refractivity contribution >= 4 is 10.8 Å². The first-order valence-corrected chi connectivity index (χ1v) is 6.72. The third kappa shape index (κ3) is 1.77. The van der Waals surface area contributed by atoms with Crippen LogP contribution in [-0.4, -0.2) is 0 Å². The fraction of sp³-hybridized carbons (Fsp3) is 0.333. The minimum absolute atomic E-state index is 1.13. The smallest absolute Gasteiger partial charge is 0.00641 e. The van der Waals surface area contributed by atoms with Crippen molar-refractivity contribution in [2.45, 2.75) is 40.5 Å². The predicted octanol–water partition coefficient (Wildman–Crippen LogP) is 4.89. The van der Waals surface area contributed by atoms with E-state index in [0.717, 1.165) is 12.8 Å². The van der Waals surface area contributed by atoms with E-state index in [-0.39, 0.29) is 0 Å². The monoisotopic (exact) mass is 236 g/mol. The summed E-state index contributed by atoms with van der Waals surface area (Å²) in [6.07, 6.45) is 2.26. The minimum atomic E-state index is 1.13. The molecule has 0 saturated carbocycles. The van der Waals surface area contributed by atoms with Crippen molar-refractivity contribution in [3.05, 3.63) is 57.7 Å². The maximum Gasteiger partial charge on any atom is -0.00641 e. The van der Waals surface area contributed by atoms with E-state index < -0.39 is 0 Å². The first-order chi connectivity index (χ1) is 8.54. The van der Waals surface area contributed by atoms with Gasteiger partial charge in [-0.1, -0.05) is 35.4 Å². The largest absolute Gasteiger partial charge is 0.0697 e. The molecule has 92 valence electrons. The average Bonchev–Trinajstić information content (AvgIpc) is 2.31. The molecule has 0 heterocycles. The fourth-order valence-electron chi connectivity index (χ4n) is 2.87. The molecule has 0 saturated heterocycles. The molecule has 0 spiro atoms. The molecule has 3 rings (SSSR count). The maximum absolute atomic E-state index is 2.40. The number of fused-ring (bicyclic) bond motifs is 2. The van der Waals surface area contributed by atoms with Gasteiger partial charge in [0, 0.05) is 0 Å². The Morgan fingerprint density at radius 1 is 0.611 bits per heavy atom. The normalized spacial score (nSPS) is 15.1. The summed E-state index contributed by atoms with van der Waals surface area (Å²) in [5, 5.41) is 2.79. The van der Waals surface area contributed by atoms with Gasteiger partial charge in [0.15, 0.2) is 0 Å². The van der Waals surface area contributed by atoms with Crippen LogP contribution in [0, 0.1) is 13.8 Å². The van der Waals surface area contributed by atoms with Crippen LogP contribution < -0.4 is 0 Å². The van der Waals surface area contributed by atoms with Crippen molar-refractivity contribution < 1.29 is 0 Å². The lowest BCUT2D eigenvalue weighted by Gasteiger charge is -2.20. The second-order valence-corrected chi connectivity index (χ2v) is 5.82. The zero-order chi connectivity index (χ0) is 12.9. The van der Waals surface area contributed by atoms with Crippen LogP contribution in [0.2, 0.25) is 0 Å². The zero-order valence-electron chi connectivity index (χ0n) is 11.7. The van der Waals surface area contributed by atoms with Crippen LogP contribution in [0.15, 0.2) is 35.4 Å². The van der Waals surface area contributed by atoms with Crippen LogP contribution in [0.3, 0.4) is 0 Å². The van der Waals surface area contributed by atoms with Crippen LogP contribution in [0.25, 0.3) is 10.8 Å². The lowest BCUT2D eigenvalue weighted by Crippen LogP contribution is -2.05. The van der Waals surface area contributed by atoms with E-state index in [0.29, 0.717) is 0 Å². The summed E-state index contributed by atoms with van der Waals surface area (Å²) in [5.41, 5.74) is 8.92. The highest BCUT2D eigenvalue weighted by Gasteiger charge is 2.13. The Labute approximate surface area is 109 Å². The molecule has 0 unspecified atom stereocenters. The molecule has 1 aliphatic rings. The van der Waals surface area contributed by atoms with Gasteiger partial charge in [-0.2, -0.15) is 0 Å². The third-order valence-electron chi connectivity index (χ3n) is 4.41. The van der Waals surface area contributed by atoms with E-state index in [1.54, 1.807) is 11.1 Å². The summed E-state index contributed by atoms with van der Waals surface area (Å²) in [4.78, 5) is 0. The molecule has 0 amide bonds. The molecular weight excluding hydrogens is 216 g/mol. The van der Waals surface area contributed by atoms with Crippen molar-refractivity contribution in [1.29, 1.82) is 0 Å². The van der Waals surface area contributed by atoms with Crippen LogP contribution in [0.1, 0.15) is 36.1 Å². The lowest BCUT2D eigenvalue weighted by atomic mass is 9.85. The number of allylic oxidation sites excluding steroid dienone is 2. The first-order valence-electron chi connectivity index (χ1n) is 6.72. The van der Waals surface area contributed by atoms with Gasteiger partial charge in [0.25, 0.3) is 0 Å². The van der Waals surface area contributed by atoms with Crippen molar-refractivity contribution in [3.8, 4) is 0 Å². The number of benzene rings is 2. The third-order valence-corrected chi connectivity index (χ3v) is 4.41. The van der Waals surface area contributed by atoms with E-state index in [4.69, 9.17) is 0 Å². The van der Waals surface area contributed by atoms with Gasteiger partial charge in [-0.15, -0.1) is 0 Å². The Kier molecular flexibility index (Phi) is 2.55. The van der Waals surface area contributed by atoms with Gasteiger partial charge in [-0.3, -0.25) is 0 Å². The highest BCUT2D eigenvalue weighted by molar-refractivity contribution is 5.86. The van der Waals surface area contributed by atoms with Crippen LogP contribution in [0.4, 0.5) is 0 Å². The van der Waals surface area contributed by atoms with Gasteiger partial charge in [0.05, 0.1) is 0 Å². The van der Waals surface area contributed by atoms with E-state index in [2.05, 4.69) is 52.0 Å². The fourth-order valence-corrected chi connectivity index (χ4v) is 2.87. The quantitative estimate of drug-likeness (QED) is 0.571. The summed E-state index contributed by atoms with van der Waals surface area (Å²) < 4.78 is 0. The predicted molar refractivity (Wildman–Crippen MR) is 79.2 cm³/mol. The maximum atomic E-state index is 2.40. The highest BCUT2D eigenvalue weighted by atomic mass is 14.2. The number of hydrogen-bond acceptors (Lipinski definition) is 0. The molecule has 0 aromatic heterocycles. The molecule has 1 aliphatic carbocycles. The lowest BCUT2D eigenvalue weighted by molar-refractivity contribution is 0.956. The Hall–Kier alpha value is -1.56. The summed E-state index contributed by atoms with van der Waals surface area (Å²) in [5.74, 6) is 0. The standard InChI is InChI=1S/C18H20/c1-11-5-15-9-17-7-13(3)14(4)8-18(17)10-16(15)6-12(11)2/h5-6,9-10H,7-8H2,1-4H3. The van der Waals surface area contributed by atoms with E-state index in [9.17, 15) is 0 Å². The molecule has 0 aliphatic heterocycles. The summed E-state index contributed by atoms with van der Waals surface area (Å²) in [6.45, 7) is 8.93. The minimum Gasteiger partial charge on any atom is -0.0697 e. The van der Waals surface area contributed by atoms with Crippen molar-refractivity contribution in [2.75, 3.05) is 0 Å². The van der Waals surface area contributed by atoms with Crippen LogP contribution in [-0.2, 0) is 12.8 Å². The first kappa shape index (κ1) is 11.5. The Balaban J connectivity index is 2.22. The molecule has 0 atom stereocenters. The Morgan fingerprint density at radius 2 is 1.00 bits per heavy atom. The van der Waals surface area contributed by atoms with Crippen molar-refractivity contribution in [2.24, 2.45) is 0 Å². The Bertz CT molecular complexity index is 613. The molecule has 0 radical (unpaired) electrons. The van der Waals surface area contributed by atoms with Gasteiger partial charge >= 0.3 is 0 Å². The second kappa shape index (κ2) is 3.98. The van der Waals surface area contributed by atoms with Gasteiger partial charge in [0.1, 0.15) is 0 Å². The topological polar surface area (TPSA) is 0 Å². The average molecular weight is 236 g/mol. The summed E-state index contributed by atoms with van der Waals surface area (Å²) in [7, 11) is 0. The molecule has 0 heteroatoms. The number of aryl methyl sites for hydroxylation is 2. The van der Waals surface area contributed by atoms with Crippen molar-refractivity contribution in [3.63, 3.8) is 0 Å². The molecule has 2 aromatic rings. The van der Waals surface area contributed by atoms with Gasteiger partial charge < -0.3 is 0 Å². The molecule has 2 aromatic carbocycles.